The smallest absolute Gasteiger partial charge is 0.293 e. The maximum Gasteiger partial charge on any atom is 0.293 e. The van der Waals surface area contributed by atoms with Crippen molar-refractivity contribution in [3.8, 4) is 0 Å². The lowest BCUT2D eigenvalue weighted by Crippen LogP contribution is -2.34. The van der Waals surface area contributed by atoms with Gasteiger partial charge in [0.25, 0.3) is 11.6 Å². The number of nitrogens with zero attached hydrogens (tertiary/aromatic N) is 3. The molecule has 1 aromatic heterocycles. The van der Waals surface area contributed by atoms with Gasteiger partial charge in [0.15, 0.2) is 0 Å². The summed E-state index contributed by atoms with van der Waals surface area (Å²) in [7, 11) is 3.93. The zero-order valence-electron chi connectivity index (χ0n) is 16.3. The Morgan fingerprint density at radius 2 is 2.04 bits per heavy atom. The molecule has 7 nitrogen and oxygen atoms in total. The highest BCUT2D eigenvalue weighted by Gasteiger charge is 2.24. The van der Waals surface area contributed by atoms with E-state index in [0.717, 1.165) is 37.2 Å². The molecule has 1 fully saturated rings. The van der Waals surface area contributed by atoms with E-state index in [1.807, 2.05) is 41.4 Å². The number of anilines is 1. The second kappa shape index (κ2) is 9.16. The van der Waals surface area contributed by atoms with Gasteiger partial charge in [-0.2, -0.15) is 0 Å². The summed E-state index contributed by atoms with van der Waals surface area (Å²) in [5, 5.41) is 16.5. The average molecular weight is 403 g/mol. The van der Waals surface area contributed by atoms with E-state index < -0.39 is 4.92 Å². The third-order valence-corrected chi connectivity index (χ3v) is 6.06. The van der Waals surface area contributed by atoms with Gasteiger partial charge < -0.3 is 15.1 Å². The van der Waals surface area contributed by atoms with Crippen LogP contribution in [-0.4, -0.2) is 49.5 Å². The Morgan fingerprint density at radius 1 is 1.29 bits per heavy atom. The van der Waals surface area contributed by atoms with Crippen molar-refractivity contribution in [2.75, 3.05) is 38.6 Å². The summed E-state index contributed by atoms with van der Waals surface area (Å²) >= 11 is 1.64. The molecule has 1 amide bonds. The van der Waals surface area contributed by atoms with Crippen LogP contribution in [0.15, 0.2) is 35.7 Å². The number of amides is 1. The highest BCUT2D eigenvalue weighted by Crippen LogP contribution is 2.31. The van der Waals surface area contributed by atoms with Crippen molar-refractivity contribution in [3.05, 3.63) is 56.3 Å². The van der Waals surface area contributed by atoms with Gasteiger partial charge in [-0.3, -0.25) is 14.9 Å². The number of carbonyl (C=O) groups excluding carboxylic acids is 1. The highest BCUT2D eigenvalue weighted by molar-refractivity contribution is 7.10. The first-order chi connectivity index (χ1) is 13.5. The first kappa shape index (κ1) is 20.3. The number of thiophene rings is 1. The Balaban J connectivity index is 1.74. The van der Waals surface area contributed by atoms with Crippen LogP contribution in [0, 0.1) is 10.1 Å². The number of nitro groups is 1. The molecule has 3 rings (SSSR count). The third kappa shape index (κ3) is 4.69. The number of hydrogen-bond acceptors (Lipinski definition) is 6. The maximum atomic E-state index is 12.6. The summed E-state index contributed by atoms with van der Waals surface area (Å²) in [6.07, 6.45) is 3.23. The lowest BCUT2D eigenvalue weighted by Gasteiger charge is -2.28. The summed E-state index contributed by atoms with van der Waals surface area (Å²) in [6, 6.07) is 8.88. The molecule has 8 heteroatoms. The molecule has 1 aliphatic heterocycles. The minimum absolute atomic E-state index is 0.00281. The van der Waals surface area contributed by atoms with Gasteiger partial charge in [-0.15, -0.1) is 11.3 Å². The topological polar surface area (TPSA) is 78.7 Å². The molecule has 0 spiro atoms. The van der Waals surface area contributed by atoms with E-state index in [9.17, 15) is 14.9 Å². The van der Waals surface area contributed by atoms with Gasteiger partial charge in [0, 0.05) is 36.1 Å². The van der Waals surface area contributed by atoms with E-state index in [0.29, 0.717) is 17.8 Å². The summed E-state index contributed by atoms with van der Waals surface area (Å²) < 4.78 is 0. The van der Waals surface area contributed by atoms with E-state index in [-0.39, 0.29) is 17.6 Å². The van der Waals surface area contributed by atoms with Crippen molar-refractivity contribution in [1.29, 1.82) is 0 Å². The second-order valence-electron chi connectivity index (χ2n) is 7.21. The predicted octanol–water partition coefficient (Wildman–Crippen LogP) is 3.68. The molecule has 28 heavy (non-hydrogen) atoms. The van der Waals surface area contributed by atoms with Crippen LogP contribution in [0.1, 0.15) is 40.5 Å². The minimum atomic E-state index is -0.394. The molecule has 1 atom stereocenters. The molecule has 1 N–H and O–H groups in total. The zero-order valence-corrected chi connectivity index (χ0v) is 17.1. The van der Waals surface area contributed by atoms with Gasteiger partial charge in [0.05, 0.1) is 11.0 Å². The molecular formula is C20H26N4O3S. The Labute approximate surface area is 169 Å². The fraction of sp³-hybridized carbons (Fsp3) is 0.450. The fourth-order valence-electron chi connectivity index (χ4n) is 3.52. The van der Waals surface area contributed by atoms with E-state index >= 15 is 0 Å². The van der Waals surface area contributed by atoms with Crippen molar-refractivity contribution in [1.82, 2.24) is 10.2 Å². The van der Waals surface area contributed by atoms with Crippen molar-refractivity contribution >= 4 is 28.6 Å². The van der Waals surface area contributed by atoms with Crippen LogP contribution in [0.2, 0.25) is 0 Å². The van der Waals surface area contributed by atoms with Crippen LogP contribution < -0.4 is 10.2 Å². The number of piperidine rings is 1. The number of hydrogen-bond donors (Lipinski definition) is 1. The summed E-state index contributed by atoms with van der Waals surface area (Å²) in [5.41, 5.74) is 0.916. The number of carbonyl (C=O) groups is 1. The number of nitrogens with one attached hydrogen (secondary N) is 1. The quantitative estimate of drug-likeness (QED) is 0.565. The minimum Gasteiger partial charge on any atom is -0.366 e. The lowest BCUT2D eigenvalue weighted by molar-refractivity contribution is -0.384. The van der Waals surface area contributed by atoms with Crippen LogP contribution in [-0.2, 0) is 0 Å². The second-order valence-corrected chi connectivity index (χ2v) is 8.19. The molecule has 1 saturated heterocycles. The van der Waals surface area contributed by atoms with Crippen molar-refractivity contribution in [3.63, 3.8) is 0 Å². The monoisotopic (exact) mass is 402 g/mol. The molecule has 0 saturated carbocycles. The molecule has 1 aromatic carbocycles. The standard InChI is InChI=1S/C20H26N4O3S/c1-22(2)18(19-7-6-12-28-19)14-21-20(25)15-8-9-16(17(13-15)24(26)27)23-10-4-3-5-11-23/h6-9,12-13,18H,3-5,10-11,14H2,1-2H3,(H,21,25)/t18-/m0/s1. The van der Waals surface area contributed by atoms with E-state index in [2.05, 4.69) is 5.32 Å². The predicted molar refractivity (Wildman–Crippen MR) is 112 cm³/mol. The molecule has 0 aliphatic carbocycles. The Morgan fingerprint density at radius 3 is 2.64 bits per heavy atom. The molecule has 1 aliphatic rings. The maximum absolute atomic E-state index is 12.6. The summed E-state index contributed by atoms with van der Waals surface area (Å²) in [6.45, 7) is 2.07. The van der Waals surface area contributed by atoms with Gasteiger partial charge >= 0.3 is 0 Å². The van der Waals surface area contributed by atoms with Crippen LogP contribution in [0.3, 0.4) is 0 Å². The number of rotatable bonds is 7. The van der Waals surface area contributed by atoms with E-state index in [1.165, 1.54) is 6.07 Å². The van der Waals surface area contributed by atoms with Crippen molar-refractivity contribution < 1.29 is 9.72 Å². The van der Waals surface area contributed by atoms with Crippen LogP contribution in [0.4, 0.5) is 11.4 Å². The number of benzene rings is 1. The van der Waals surface area contributed by atoms with Crippen LogP contribution in [0.25, 0.3) is 0 Å². The Kier molecular flexibility index (Phi) is 6.64. The highest BCUT2D eigenvalue weighted by atomic mass is 32.1. The van der Waals surface area contributed by atoms with Crippen LogP contribution in [0.5, 0.6) is 0 Å². The Bertz CT molecular complexity index is 817. The van der Waals surface area contributed by atoms with Gasteiger partial charge in [-0.25, -0.2) is 0 Å². The van der Waals surface area contributed by atoms with Crippen molar-refractivity contribution in [2.24, 2.45) is 0 Å². The fourth-order valence-corrected chi connectivity index (χ4v) is 4.45. The molecule has 0 radical (unpaired) electrons. The van der Waals surface area contributed by atoms with Crippen LogP contribution >= 0.6 is 11.3 Å². The molecule has 150 valence electrons. The third-order valence-electron chi connectivity index (χ3n) is 5.08. The molecule has 0 bridgehead atoms. The largest absolute Gasteiger partial charge is 0.366 e. The van der Waals surface area contributed by atoms with Crippen molar-refractivity contribution in [2.45, 2.75) is 25.3 Å². The molecule has 2 heterocycles. The summed E-state index contributed by atoms with van der Waals surface area (Å²) in [5.74, 6) is -0.295. The first-order valence-corrected chi connectivity index (χ1v) is 10.4. The van der Waals surface area contributed by atoms with E-state index in [1.54, 1.807) is 23.5 Å². The Hall–Kier alpha value is -2.45. The number of nitro benzene ring substituents is 1. The lowest BCUT2D eigenvalue weighted by atomic mass is 10.1. The van der Waals surface area contributed by atoms with Gasteiger partial charge in [0.2, 0.25) is 0 Å². The summed E-state index contributed by atoms with van der Waals surface area (Å²) in [4.78, 5) is 29.1. The SMILES string of the molecule is CN(C)[C@@H](CNC(=O)c1ccc(N2CCCCC2)c([N+](=O)[O-])c1)c1cccs1. The first-order valence-electron chi connectivity index (χ1n) is 9.49. The molecular weight excluding hydrogens is 376 g/mol. The van der Waals surface area contributed by atoms with Gasteiger partial charge in [-0.1, -0.05) is 6.07 Å². The normalized spacial score (nSPS) is 15.5. The molecule has 2 aromatic rings. The number of likely N-dealkylation sites (N-methyl/N-ethyl adjacent to an activating group) is 1. The van der Waals surface area contributed by atoms with E-state index in [4.69, 9.17) is 0 Å². The molecule has 0 unspecified atom stereocenters. The average Bonchev–Trinajstić information content (AvgIpc) is 3.22. The van der Waals surface area contributed by atoms with Gasteiger partial charge in [-0.05, 0) is 56.9 Å². The van der Waals surface area contributed by atoms with Gasteiger partial charge in [0.1, 0.15) is 5.69 Å². The zero-order chi connectivity index (χ0) is 20.1.